The molecule has 0 bridgehead atoms. The highest BCUT2D eigenvalue weighted by atomic mass is 16.2. The van der Waals surface area contributed by atoms with Crippen molar-refractivity contribution in [3.05, 3.63) is 0 Å². The first-order chi connectivity index (χ1) is 8.92. The maximum absolute atomic E-state index is 11.7. The van der Waals surface area contributed by atoms with Gasteiger partial charge in [-0.1, -0.05) is 41.0 Å². The minimum Gasteiger partial charge on any atom is -0.368 e. The van der Waals surface area contributed by atoms with Gasteiger partial charge in [0.1, 0.15) is 6.04 Å². The van der Waals surface area contributed by atoms with Gasteiger partial charge in [-0.15, -0.1) is 0 Å². The van der Waals surface area contributed by atoms with E-state index in [1.807, 2.05) is 20.8 Å². The summed E-state index contributed by atoms with van der Waals surface area (Å²) in [6, 6.07) is -0.642. The molecule has 114 valence electrons. The molecule has 5 nitrogen and oxygen atoms in total. The third-order valence-electron chi connectivity index (χ3n) is 3.26. The summed E-state index contributed by atoms with van der Waals surface area (Å²) in [5, 5.41) is 2.63. The average molecular weight is 273 g/mol. The zero-order valence-electron chi connectivity index (χ0n) is 13.0. The monoisotopic (exact) mass is 273 g/mol. The molecule has 0 aliphatic heterocycles. The van der Waals surface area contributed by atoms with E-state index < -0.39 is 11.9 Å². The lowest BCUT2D eigenvalue weighted by atomic mass is 9.90. The van der Waals surface area contributed by atoms with Crippen LogP contribution in [0.5, 0.6) is 0 Å². The topological polar surface area (TPSA) is 98.2 Å². The van der Waals surface area contributed by atoms with E-state index in [1.165, 1.54) is 0 Å². The first kappa shape index (κ1) is 20.2. The van der Waals surface area contributed by atoms with Crippen LogP contribution in [0.15, 0.2) is 0 Å². The summed E-state index contributed by atoms with van der Waals surface area (Å²) in [5.41, 5.74) is 10.5. The largest absolute Gasteiger partial charge is 0.368 e. The van der Waals surface area contributed by atoms with Crippen LogP contribution >= 0.6 is 0 Å². The van der Waals surface area contributed by atoms with E-state index in [-0.39, 0.29) is 5.91 Å². The van der Waals surface area contributed by atoms with Crippen LogP contribution in [-0.2, 0) is 9.59 Å². The molecule has 2 amide bonds. The van der Waals surface area contributed by atoms with Crippen LogP contribution in [0.2, 0.25) is 0 Å². The smallest absolute Gasteiger partial charge is 0.240 e. The number of carbonyl (C=O) groups is 2. The van der Waals surface area contributed by atoms with Gasteiger partial charge in [-0.3, -0.25) is 9.59 Å². The van der Waals surface area contributed by atoms with Crippen LogP contribution in [0.3, 0.4) is 0 Å². The zero-order valence-corrected chi connectivity index (χ0v) is 13.0. The van der Waals surface area contributed by atoms with Gasteiger partial charge in [0, 0.05) is 6.42 Å². The number of hydrogen-bond donors (Lipinski definition) is 3. The van der Waals surface area contributed by atoms with Gasteiger partial charge in [-0.2, -0.15) is 0 Å². The summed E-state index contributed by atoms with van der Waals surface area (Å²) < 4.78 is 0. The number of amides is 2. The molecule has 5 N–H and O–H groups in total. The van der Waals surface area contributed by atoms with Crippen molar-refractivity contribution >= 4 is 11.8 Å². The average Bonchev–Trinajstić information content (AvgIpc) is 2.39. The number of nitrogens with one attached hydrogen (secondary N) is 1. The standard InChI is InChI=1S/C12H25N3O2.C2H6/c1-4-8(2)9(3)7-11(16)15-10(5-6-13)12(14)17;1-2/h8-10H,4-7,13H2,1-3H3,(H2,14,17)(H,15,16);1-2H3. The molecule has 0 rings (SSSR count). The van der Waals surface area contributed by atoms with Gasteiger partial charge in [0.05, 0.1) is 0 Å². The van der Waals surface area contributed by atoms with Crippen LogP contribution in [-0.4, -0.2) is 24.4 Å². The molecule has 0 aliphatic carbocycles. The summed E-state index contributed by atoms with van der Waals surface area (Å²) >= 11 is 0. The number of primary amides is 1. The Kier molecular flexibility index (Phi) is 12.7. The molecule has 0 spiro atoms. The maximum atomic E-state index is 11.7. The van der Waals surface area contributed by atoms with Gasteiger partial charge in [0.25, 0.3) is 0 Å². The highest BCUT2D eigenvalue weighted by Gasteiger charge is 2.20. The van der Waals surface area contributed by atoms with Gasteiger partial charge >= 0.3 is 0 Å². The summed E-state index contributed by atoms with van der Waals surface area (Å²) in [4.78, 5) is 22.8. The fraction of sp³-hybridized carbons (Fsp3) is 0.857. The molecule has 0 aliphatic rings. The van der Waals surface area contributed by atoms with Crippen molar-refractivity contribution in [2.75, 3.05) is 6.54 Å². The highest BCUT2D eigenvalue weighted by Crippen LogP contribution is 2.17. The Hall–Kier alpha value is -1.10. The first-order valence-electron chi connectivity index (χ1n) is 7.21. The van der Waals surface area contributed by atoms with Crippen molar-refractivity contribution in [3.8, 4) is 0 Å². The number of hydrogen-bond acceptors (Lipinski definition) is 3. The van der Waals surface area contributed by atoms with Gasteiger partial charge in [0.15, 0.2) is 0 Å². The predicted octanol–water partition coefficient (Wildman–Crippen LogP) is 1.40. The van der Waals surface area contributed by atoms with Crippen molar-refractivity contribution in [2.24, 2.45) is 23.3 Å². The lowest BCUT2D eigenvalue weighted by Crippen LogP contribution is -2.46. The number of carbonyl (C=O) groups excluding carboxylic acids is 2. The molecule has 0 saturated carbocycles. The molecule has 0 aromatic carbocycles. The Balaban J connectivity index is 0. The molecule has 0 heterocycles. The van der Waals surface area contributed by atoms with Gasteiger partial charge in [-0.25, -0.2) is 0 Å². The Morgan fingerprint density at radius 1 is 1.16 bits per heavy atom. The normalized spacial score (nSPS) is 14.6. The van der Waals surface area contributed by atoms with Crippen LogP contribution < -0.4 is 16.8 Å². The van der Waals surface area contributed by atoms with E-state index >= 15 is 0 Å². The minimum atomic E-state index is -0.642. The van der Waals surface area contributed by atoms with E-state index in [1.54, 1.807) is 0 Å². The number of rotatable bonds is 8. The molecule has 3 unspecified atom stereocenters. The minimum absolute atomic E-state index is 0.130. The lowest BCUT2D eigenvalue weighted by Gasteiger charge is -2.20. The van der Waals surface area contributed by atoms with Gasteiger partial charge in [-0.05, 0) is 24.8 Å². The van der Waals surface area contributed by atoms with Crippen LogP contribution in [0.1, 0.15) is 53.9 Å². The van der Waals surface area contributed by atoms with E-state index in [0.717, 1.165) is 6.42 Å². The molecule has 0 saturated heterocycles. The predicted molar refractivity (Wildman–Crippen MR) is 79.4 cm³/mol. The Morgan fingerprint density at radius 2 is 1.68 bits per heavy atom. The quantitative estimate of drug-likeness (QED) is 0.623. The fourth-order valence-corrected chi connectivity index (χ4v) is 1.60. The summed E-state index contributed by atoms with van der Waals surface area (Å²) in [5.74, 6) is 0.128. The summed E-state index contributed by atoms with van der Waals surface area (Å²) in [7, 11) is 0. The molecular weight excluding hydrogens is 242 g/mol. The lowest BCUT2D eigenvalue weighted by molar-refractivity contribution is -0.128. The molecular formula is C14H31N3O2. The van der Waals surface area contributed by atoms with Crippen molar-refractivity contribution in [3.63, 3.8) is 0 Å². The second-order valence-corrected chi connectivity index (χ2v) is 4.67. The number of nitrogens with two attached hydrogens (primary N) is 2. The SMILES string of the molecule is CC.CCC(C)C(C)CC(=O)NC(CCN)C(N)=O. The Morgan fingerprint density at radius 3 is 2.05 bits per heavy atom. The van der Waals surface area contributed by atoms with Crippen LogP contribution in [0.4, 0.5) is 0 Å². The second kappa shape index (κ2) is 12.0. The molecule has 0 fully saturated rings. The van der Waals surface area contributed by atoms with Crippen LogP contribution in [0, 0.1) is 11.8 Å². The van der Waals surface area contributed by atoms with Crippen molar-refractivity contribution in [1.82, 2.24) is 5.32 Å². The fourth-order valence-electron chi connectivity index (χ4n) is 1.60. The maximum Gasteiger partial charge on any atom is 0.240 e. The van der Waals surface area contributed by atoms with Crippen molar-refractivity contribution in [2.45, 2.75) is 59.9 Å². The summed E-state index contributed by atoms with van der Waals surface area (Å²) in [6.45, 7) is 10.6. The van der Waals surface area contributed by atoms with Gasteiger partial charge < -0.3 is 16.8 Å². The third-order valence-corrected chi connectivity index (χ3v) is 3.26. The second-order valence-electron chi connectivity index (χ2n) is 4.67. The van der Waals surface area contributed by atoms with Crippen molar-refractivity contribution in [1.29, 1.82) is 0 Å². The molecule has 0 radical (unpaired) electrons. The molecule has 19 heavy (non-hydrogen) atoms. The summed E-state index contributed by atoms with van der Waals surface area (Å²) in [6.07, 6.45) is 1.85. The third kappa shape index (κ3) is 9.47. The molecule has 5 heteroatoms. The molecule has 3 atom stereocenters. The van der Waals surface area contributed by atoms with Crippen LogP contribution in [0.25, 0.3) is 0 Å². The van der Waals surface area contributed by atoms with Gasteiger partial charge in [0.2, 0.25) is 11.8 Å². The molecule has 0 aromatic heterocycles. The molecule has 0 aromatic rings. The Bertz CT molecular complexity index is 257. The Labute approximate surface area is 117 Å². The van der Waals surface area contributed by atoms with Crippen molar-refractivity contribution < 1.29 is 9.59 Å². The van der Waals surface area contributed by atoms with E-state index in [0.29, 0.717) is 31.2 Å². The highest BCUT2D eigenvalue weighted by molar-refractivity contribution is 5.86. The van der Waals surface area contributed by atoms with E-state index in [9.17, 15) is 9.59 Å². The van der Waals surface area contributed by atoms with E-state index in [2.05, 4.69) is 19.2 Å². The zero-order chi connectivity index (χ0) is 15.4. The first-order valence-corrected chi connectivity index (χ1v) is 7.21. The van der Waals surface area contributed by atoms with E-state index in [4.69, 9.17) is 11.5 Å².